The zero-order chi connectivity index (χ0) is 12.1. The molecule has 2 rings (SSSR count). The van der Waals surface area contributed by atoms with Gasteiger partial charge in [0.1, 0.15) is 0 Å². The number of nitrogens with one attached hydrogen (secondary N) is 1. The molecule has 2 fully saturated rings. The van der Waals surface area contributed by atoms with Gasteiger partial charge in [-0.1, -0.05) is 13.3 Å². The second kappa shape index (κ2) is 5.69. The molecule has 2 saturated heterocycles. The van der Waals surface area contributed by atoms with E-state index in [0.29, 0.717) is 13.2 Å². The number of hydrogen-bond acceptors (Lipinski definition) is 3. The van der Waals surface area contributed by atoms with Gasteiger partial charge in [-0.15, -0.1) is 0 Å². The molecular formula is C12H22N2O3. The maximum Gasteiger partial charge on any atom is 0.317 e. The minimum Gasteiger partial charge on any atom is -0.347 e. The Labute approximate surface area is 102 Å². The third-order valence-corrected chi connectivity index (χ3v) is 3.43. The molecule has 2 aliphatic rings. The Bertz CT molecular complexity index is 254. The van der Waals surface area contributed by atoms with Crippen LogP contribution in [0.25, 0.3) is 0 Å². The van der Waals surface area contributed by atoms with Gasteiger partial charge < -0.3 is 19.7 Å². The molecular weight excluding hydrogens is 220 g/mol. The van der Waals surface area contributed by atoms with Gasteiger partial charge in [-0.25, -0.2) is 4.79 Å². The summed E-state index contributed by atoms with van der Waals surface area (Å²) in [5.74, 6) is -0.389. The van der Waals surface area contributed by atoms with Crippen LogP contribution in [0.2, 0.25) is 0 Å². The Morgan fingerprint density at radius 3 is 2.53 bits per heavy atom. The van der Waals surface area contributed by atoms with Crippen molar-refractivity contribution in [1.82, 2.24) is 10.2 Å². The highest BCUT2D eigenvalue weighted by molar-refractivity contribution is 5.74. The molecule has 1 N–H and O–H groups in total. The summed E-state index contributed by atoms with van der Waals surface area (Å²) >= 11 is 0. The van der Waals surface area contributed by atoms with Gasteiger partial charge in [0.2, 0.25) is 0 Å². The normalized spacial score (nSPS) is 23.0. The summed E-state index contributed by atoms with van der Waals surface area (Å²) in [6, 6.07) is 0.0475. The molecule has 0 aromatic heterocycles. The van der Waals surface area contributed by atoms with E-state index in [-0.39, 0.29) is 11.8 Å². The predicted octanol–water partition coefficient (Wildman–Crippen LogP) is 1.33. The zero-order valence-corrected chi connectivity index (χ0v) is 10.5. The lowest BCUT2D eigenvalue weighted by Gasteiger charge is -2.37. The van der Waals surface area contributed by atoms with Crippen molar-refractivity contribution in [2.45, 2.75) is 38.4 Å². The van der Waals surface area contributed by atoms with E-state index in [9.17, 15) is 4.79 Å². The van der Waals surface area contributed by atoms with Gasteiger partial charge in [0.15, 0.2) is 5.79 Å². The largest absolute Gasteiger partial charge is 0.347 e. The Hall–Kier alpha value is -0.810. The average Bonchev–Trinajstić information content (AvgIpc) is 2.79. The summed E-state index contributed by atoms with van der Waals surface area (Å²) in [4.78, 5) is 13.7. The van der Waals surface area contributed by atoms with E-state index in [1.165, 1.54) is 0 Å². The van der Waals surface area contributed by atoms with Crippen LogP contribution in [-0.4, -0.2) is 49.6 Å². The molecule has 0 radical (unpaired) electrons. The zero-order valence-electron chi connectivity index (χ0n) is 10.5. The highest BCUT2D eigenvalue weighted by Gasteiger charge is 2.40. The van der Waals surface area contributed by atoms with Crippen LogP contribution in [0.5, 0.6) is 0 Å². The third-order valence-electron chi connectivity index (χ3n) is 3.43. The van der Waals surface area contributed by atoms with Gasteiger partial charge in [0.25, 0.3) is 0 Å². The van der Waals surface area contributed by atoms with Gasteiger partial charge in [-0.2, -0.15) is 0 Å². The van der Waals surface area contributed by atoms with E-state index >= 15 is 0 Å². The van der Waals surface area contributed by atoms with Crippen LogP contribution in [0.1, 0.15) is 32.6 Å². The minimum atomic E-state index is -0.389. The fraction of sp³-hybridized carbons (Fsp3) is 0.917. The highest BCUT2D eigenvalue weighted by Crippen LogP contribution is 2.31. The number of amides is 2. The lowest BCUT2D eigenvalue weighted by molar-refractivity contribution is -0.181. The molecule has 0 aromatic rings. The first-order valence-corrected chi connectivity index (χ1v) is 6.56. The summed E-state index contributed by atoms with van der Waals surface area (Å²) in [5, 5.41) is 2.94. The van der Waals surface area contributed by atoms with Gasteiger partial charge in [0.05, 0.1) is 13.2 Å². The van der Waals surface area contributed by atoms with Crippen LogP contribution in [0, 0.1) is 0 Å². The number of ether oxygens (including phenoxy) is 2. The maximum absolute atomic E-state index is 11.8. The van der Waals surface area contributed by atoms with Crippen molar-refractivity contribution in [3.63, 3.8) is 0 Å². The van der Waals surface area contributed by atoms with Crippen molar-refractivity contribution in [1.29, 1.82) is 0 Å². The summed E-state index contributed by atoms with van der Waals surface area (Å²) in [7, 11) is 0. The van der Waals surface area contributed by atoms with Crippen LogP contribution in [0.15, 0.2) is 0 Å². The van der Waals surface area contributed by atoms with Crippen molar-refractivity contribution in [3.8, 4) is 0 Å². The van der Waals surface area contributed by atoms with E-state index in [2.05, 4.69) is 12.2 Å². The van der Waals surface area contributed by atoms with Crippen LogP contribution in [0.3, 0.4) is 0 Å². The fourth-order valence-corrected chi connectivity index (χ4v) is 2.32. The van der Waals surface area contributed by atoms with Gasteiger partial charge in [0, 0.05) is 32.5 Å². The molecule has 0 unspecified atom stereocenters. The van der Waals surface area contributed by atoms with Crippen molar-refractivity contribution in [2.24, 2.45) is 0 Å². The van der Waals surface area contributed by atoms with Crippen LogP contribution in [0.4, 0.5) is 4.79 Å². The van der Waals surface area contributed by atoms with Gasteiger partial charge in [-0.05, 0) is 6.42 Å². The summed E-state index contributed by atoms with van der Waals surface area (Å²) < 4.78 is 11.3. The second-order valence-corrected chi connectivity index (χ2v) is 4.68. The first-order valence-electron chi connectivity index (χ1n) is 6.56. The first-order chi connectivity index (χ1) is 8.26. The molecule has 5 nitrogen and oxygen atoms in total. The van der Waals surface area contributed by atoms with E-state index in [4.69, 9.17) is 9.47 Å². The maximum atomic E-state index is 11.8. The SMILES string of the molecule is CCCCNC(=O)N1CCC2(CC1)OCCO2. The summed E-state index contributed by atoms with van der Waals surface area (Å²) in [6.07, 6.45) is 3.71. The molecule has 98 valence electrons. The number of rotatable bonds is 3. The molecule has 0 aliphatic carbocycles. The summed E-state index contributed by atoms with van der Waals surface area (Å²) in [5.41, 5.74) is 0. The molecule has 1 spiro atoms. The van der Waals surface area contributed by atoms with Crippen molar-refractivity contribution < 1.29 is 14.3 Å². The van der Waals surface area contributed by atoms with Crippen LogP contribution >= 0.6 is 0 Å². The van der Waals surface area contributed by atoms with Crippen LogP contribution < -0.4 is 5.32 Å². The molecule has 0 aromatic carbocycles. The average molecular weight is 242 g/mol. The molecule has 2 amide bonds. The quantitative estimate of drug-likeness (QED) is 0.760. The fourth-order valence-electron chi connectivity index (χ4n) is 2.32. The number of nitrogens with zero attached hydrogens (tertiary/aromatic N) is 1. The van der Waals surface area contributed by atoms with Crippen molar-refractivity contribution >= 4 is 6.03 Å². The second-order valence-electron chi connectivity index (χ2n) is 4.68. The number of piperidine rings is 1. The monoisotopic (exact) mass is 242 g/mol. The number of unbranched alkanes of at least 4 members (excludes halogenated alkanes) is 1. The van der Waals surface area contributed by atoms with Gasteiger partial charge in [-0.3, -0.25) is 0 Å². The van der Waals surface area contributed by atoms with Gasteiger partial charge >= 0.3 is 6.03 Å². The molecule has 2 aliphatic heterocycles. The molecule has 5 heteroatoms. The number of carbonyl (C=O) groups excluding carboxylic acids is 1. The highest BCUT2D eigenvalue weighted by atomic mass is 16.7. The Kier molecular flexibility index (Phi) is 4.23. The van der Waals surface area contributed by atoms with Crippen LogP contribution in [-0.2, 0) is 9.47 Å². The third kappa shape index (κ3) is 3.10. The summed E-state index contributed by atoms with van der Waals surface area (Å²) in [6.45, 7) is 5.69. The van der Waals surface area contributed by atoms with E-state index < -0.39 is 0 Å². The Morgan fingerprint density at radius 2 is 1.94 bits per heavy atom. The lowest BCUT2D eigenvalue weighted by Crippen LogP contribution is -2.50. The molecule has 0 saturated carbocycles. The molecule has 0 atom stereocenters. The smallest absolute Gasteiger partial charge is 0.317 e. The number of hydrogen-bond donors (Lipinski definition) is 1. The van der Waals surface area contributed by atoms with Crippen molar-refractivity contribution in [3.05, 3.63) is 0 Å². The first kappa shape index (κ1) is 12.6. The lowest BCUT2D eigenvalue weighted by atomic mass is 10.0. The molecule has 17 heavy (non-hydrogen) atoms. The molecule has 2 heterocycles. The predicted molar refractivity (Wildman–Crippen MR) is 63.7 cm³/mol. The van der Waals surface area contributed by atoms with E-state index in [1.807, 2.05) is 4.90 Å². The number of carbonyl (C=O) groups is 1. The van der Waals surface area contributed by atoms with E-state index in [0.717, 1.165) is 45.3 Å². The number of likely N-dealkylation sites (tertiary alicyclic amines) is 1. The Balaban J connectivity index is 1.72. The Morgan fingerprint density at radius 1 is 1.29 bits per heavy atom. The number of urea groups is 1. The minimum absolute atomic E-state index is 0.0475. The van der Waals surface area contributed by atoms with Crippen molar-refractivity contribution in [2.75, 3.05) is 32.8 Å². The molecule has 0 bridgehead atoms. The van der Waals surface area contributed by atoms with E-state index in [1.54, 1.807) is 0 Å². The topological polar surface area (TPSA) is 50.8 Å². The standard InChI is InChI=1S/C12H22N2O3/c1-2-3-6-13-11(15)14-7-4-12(5-8-14)16-9-10-17-12/h2-10H2,1H3,(H,13,15).